The van der Waals surface area contributed by atoms with Crippen molar-refractivity contribution in [3.8, 4) is 16.3 Å². The number of hydrogen-bond acceptors (Lipinski definition) is 6. The van der Waals surface area contributed by atoms with Crippen LogP contribution in [0.5, 0.6) is 5.75 Å². The number of alkyl halides is 3. The number of aromatic nitrogens is 2. The molecule has 0 aliphatic heterocycles. The van der Waals surface area contributed by atoms with Crippen LogP contribution in [0.1, 0.15) is 47.9 Å². The molecule has 32 heavy (non-hydrogen) atoms. The van der Waals surface area contributed by atoms with E-state index in [0.29, 0.717) is 16.4 Å². The summed E-state index contributed by atoms with van der Waals surface area (Å²) < 4.78 is 46.3. The summed E-state index contributed by atoms with van der Waals surface area (Å²) in [5.41, 5.74) is 6.42. The van der Waals surface area contributed by atoms with Gasteiger partial charge in [0.1, 0.15) is 15.8 Å². The highest BCUT2D eigenvalue weighted by Crippen LogP contribution is 2.39. The molecule has 0 aliphatic rings. The Labute approximate surface area is 189 Å². The number of benzene rings is 2. The first kappa shape index (κ1) is 24.2. The molecule has 0 spiro atoms. The van der Waals surface area contributed by atoms with E-state index in [4.69, 9.17) is 15.6 Å². The monoisotopic (exact) mass is 465 g/mol. The van der Waals surface area contributed by atoms with Gasteiger partial charge in [-0.05, 0) is 43.0 Å². The molecule has 0 saturated carbocycles. The zero-order valence-electron chi connectivity index (χ0n) is 17.5. The molecule has 1 atom stereocenters. The summed E-state index contributed by atoms with van der Waals surface area (Å²) in [6, 6.07) is 13.4. The molecule has 1 unspecified atom stereocenters. The van der Waals surface area contributed by atoms with Crippen LogP contribution in [0, 0.1) is 0 Å². The topological polar surface area (TPSA) is 81.3 Å². The van der Waals surface area contributed by atoms with E-state index < -0.39 is 17.8 Å². The van der Waals surface area contributed by atoms with Gasteiger partial charge >= 0.3 is 6.18 Å². The Hall–Kier alpha value is -2.49. The number of nitrogens with zero attached hydrogens (tertiary/aromatic N) is 2. The van der Waals surface area contributed by atoms with Gasteiger partial charge in [-0.1, -0.05) is 54.5 Å². The Morgan fingerprint density at radius 1 is 1.00 bits per heavy atom. The summed E-state index contributed by atoms with van der Waals surface area (Å²) >= 11 is 1.06. The molecular weight excluding hydrogens is 439 g/mol. The largest absolute Gasteiger partial charge is 0.493 e. The third-order valence-corrected chi connectivity index (χ3v) is 6.05. The molecule has 0 aliphatic carbocycles. The number of hydrogen-bond donors (Lipinski definition) is 2. The minimum Gasteiger partial charge on any atom is -0.493 e. The van der Waals surface area contributed by atoms with Crippen LogP contribution in [-0.2, 0) is 12.6 Å². The molecule has 0 amide bonds. The van der Waals surface area contributed by atoms with E-state index >= 15 is 0 Å². The molecule has 1 heterocycles. The van der Waals surface area contributed by atoms with Gasteiger partial charge in [0.2, 0.25) is 0 Å². The molecule has 0 fully saturated rings. The van der Waals surface area contributed by atoms with Gasteiger partial charge in [0.15, 0.2) is 0 Å². The molecule has 3 rings (SSSR count). The number of ether oxygens (including phenoxy) is 1. The lowest BCUT2D eigenvalue weighted by atomic mass is 10.1. The van der Waals surface area contributed by atoms with Gasteiger partial charge in [0.25, 0.3) is 0 Å². The molecule has 0 bridgehead atoms. The van der Waals surface area contributed by atoms with Gasteiger partial charge in [-0.15, -0.1) is 10.2 Å². The Morgan fingerprint density at radius 2 is 1.75 bits per heavy atom. The van der Waals surface area contributed by atoms with Crippen LogP contribution in [0.3, 0.4) is 0 Å². The van der Waals surface area contributed by atoms with Crippen LogP contribution < -0.4 is 10.5 Å². The lowest BCUT2D eigenvalue weighted by Gasteiger charge is -2.15. The molecular formula is C23H26F3N3O2S. The van der Waals surface area contributed by atoms with Gasteiger partial charge in [0, 0.05) is 5.56 Å². The van der Waals surface area contributed by atoms with Crippen LogP contribution in [0.15, 0.2) is 48.5 Å². The summed E-state index contributed by atoms with van der Waals surface area (Å²) in [4.78, 5) is 0. The standard InChI is InChI=1S/C23H26F3N3O2S/c24-23(25,26)18-14-17(21-28-29-22(32-21)19(27)15-30)11-12-20(18)31-13-7-2-1-4-8-16-9-5-3-6-10-16/h3,5-6,9-12,14,19,30H,1-2,4,7-8,13,15,27H2. The first-order valence-electron chi connectivity index (χ1n) is 10.5. The number of aryl methyl sites for hydroxylation is 1. The van der Waals surface area contributed by atoms with Crippen molar-refractivity contribution < 1.29 is 23.0 Å². The third kappa shape index (κ3) is 6.75. The van der Waals surface area contributed by atoms with E-state index in [-0.39, 0.29) is 24.5 Å². The van der Waals surface area contributed by atoms with Crippen molar-refractivity contribution in [1.29, 1.82) is 0 Å². The maximum Gasteiger partial charge on any atom is 0.419 e. The van der Waals surface area contributed by atoms with E-state index in [1.165, 1.54) is 17.7 Å². The lowest BCUT2D eigenvalue weighted by Crippen LogP contribution is -2.13. The number of aliphatic hydroxyl groups is 1. The molecule has 2 aromatic carbocycles. The Balaban J connectivity index is 1.55. The normalized spacial score (nSPS) is 12.7. The number of aliphatic hydroxyl groups excluding tert-OH is 1. The second kappa shape index (κ2) is 11.4. The van der Waals surface area contributed by atoms with Crippen molar-refractivity contribution in [2.75, 3.05) is 13.2 Å². The lowest BCUT2D eigenvalue weighted by molar-refractivity contribution is -0.138. The molecule has 3 aromatic rings. The molecule has 0 saturated heterocycles. The summed E-state index contributed by atoms with van der Waals surface area (Å²) in [6.07, 6.45) is 0.0561. The van der Waals surface area contributed by atoms with Crippen molar-refractivity contribution in [3.05, 3.63) is 64.7 Å². The fourth-order valence-corrected chi connectivity index (χ4v) is 4.03. The van der Waals surface area contributed by atoms with Gasteiger partial charge in [-0.25, -0.2) is 0 Å². The molecule has 5 nitrogen and oxygen atoms in total. The summed E-state index contributed by atoms with van der Waals surface area (Å²) in [5, 5.41) is 17.5. The van der Waals surface area contributed by atoms with E-state index in [9.17, 15) is 13.2 Å². The molecule has 0 radical (unpaired) electrons. The molecule has 172 valence electrons. The fraction of sp³-hybridized carbons (Fsp3) is 0.391. The van der Waals surface area contributed by atoms with Gasteiger partial charge in [-0.3, -0.25) is 0 Å². The summed E-state index contributed by atoms with van der Waals surface area (Å²) in [6.45, 7) is -0.0937. The predicted molar refractivity (Wildman–Crippen MR) is 118 cm³/mol. The number of halogens is 3. The number of rotatable bonds is 11. The van der Waals surface area contributed by atoms with Crippen LogP contribution in [0.4, 0.5) is 13.2 Å². The maximum absolute atomic E-state index is 13.6. The van der Waals surface area contributed by atoms with Crippen molar-refractivity contribution in [2.45, 2.75) is 44.3 Å². The Kier molecular flexibility index (Phi) is 8.60. The first-order chi connectivity index (χ1) is 15.4. The van der Waals surface area contributed by atoms with E-state index in [2.05, 4.69) is 22.3 Å². The van der Waals surface area contributed by atoms with Gasteiger partial charge in [0.05, 0.1) is 24.8 Å². The summed E-state index contributed by atoms with van der Waals surface area (Å²) in [5.74, 6) is -0.192. The van der Waals surface area contributed by atoms with E-state index in [0.717, 1.165) is 43.1 Å². The second-order valence-electron chi connectivity index (χ2n) is 7.44. The van der Waals surface area contributed by atoms with Crippen LogP contribution in [0.2, 0.25) is 0 Å². The van der Waals surface area contributed by atoms with Crippen molar-refractivity contribution in [3.63, 3.8) is 0 Å². The molecule has 3 N–H and O–H groups in total. The minimum absolute atomic E-state index is 0.192. The zero-order valence-corrected chi connectivity index (χ0v) is 18.3. The fourth-order valence-electron chi connectivity index (χ4n) is 3.20. The third-order valence-electron chi connectivity index (χ3n) is 4.95. The average molecular weight is 466 g/mol. The van der Waals surface area contributed by atoms with Gasteiger partial charge in [-0.2, -0.15) is 13.2 Å². The summed E-state index contributed by atoms with van der Waals surface area (Å²) in [7, 11) is 0. The number of nitrogens with two attached hydrogens (primary N) is 1. The van der Waals surface area contributed by atoms with Crippen molar-refractivity contribution in [2.24, 2.45) is 5.73 Å². The quantitative estimate of drug-likeness (QED) is 0.371. The van der Waals surface area contributed by atoms with Crippen molar-refractivity contribution in [1.82, 2.24) is 10.2 Å². The second-order valence-corrected chi connectivity index (χ2v) is 8.45. The Morgan fingerprint density at radius 3 is 2.47 bits per heavy atom. The highest BCUT2D eigenvalue weighted by Gasteiger charge is 2.35. The van der Waals surface area contributed by atoms with Crippen LogP contribution in [0.25, 0.3) is 10.6 Å². The van der Waals surface area contributed by atoms with Crippen LogP contribution >= 0.6 is 11.3 Å². The van der Waals surface area contributed by atoms with Crippen LogP contribution in [-0.4, -0.2) is 28.5 Å². The zero-order chi connectivity index (χ0) is 23.0. The molecule has 1 aromatic heterocycles. The van der Waals surface area contributed by atoms with E-state index in [1.54, 1.807) is 0 Å². The Bertz CT molecular complexity index is 980. The van der Waals surface area contributed by atoms with Crippen molar-refractivity contribution >= 4 is 11.3 Å². The highest BCUT2D eigenvalue weighted by atomic mass is 32.1. The van der Waals surface area contributed by atoms with Gasteiger partial charge < -0.3 is 15.6 Å². The molecule has 9 heteroatoms. The predicted octanol–water partition coefficient (Wildman–Crippen LogP) is 5.40. The smallest absolute Gasteiger partial charge is 0.419 e. The SMILES string of the molecule is NC(CO)c1nnc(-c2ccc(OCCCCCCc3ccccc3)c(C(F)(F)F)c2)s1. The average Bonchev–Trinajstić information content (AvgIpc) is 3.28. The first-order valence-corrected chi connectivity index (χ1v) is 11.3. The van der Waals surface area contributed by atoms with E-state index in [1.807, 2.05) is 18.2 Å². The highest BCUT2D eigenvalue weighted by molar-refractivity contribution is 7.14. The number of unbranched alkanes of at least 4 members (excludes halogenated alkanes) is 3. The maximum atomic E-state index is 13.6. The minimum atomic E-state index is -4.56.